The smallest absolute Gasteiger partial charge is 0.337 e. The molecule has 0 spiro atoms. The van der Waals surface area contributed by atoms with Gasteiger partial charge < -0.3 is 5.11 Å². The molecule has 23 heavy (non-hydrogen) atoms. The van der Waals surface area contributed by atoms with Crippen molar-refractivity contribution in [2.24, 2.45) is 0 Å². The molecule has 0 aliphatic heterocycles. The number of rotatable bonds is 5. The largest absolute Gasteiger partial charge is 0.478 e. The highest BCUT2D eigenvalue weighted by atomic mass is 32.2. The Bertz CT molecular complexity index is 841. The molecule has 0 unspecified atom stereocenters. The number of aryl methyl sites for hydroxylation is 1. The first-order valence-corrected chi connectivity index (χ1v) is 8.66. The summed E-state index contributed by atoms with van der Waals surface area (Å²) in [4.78, 5) is 11.4. The SMILES string of the molecule is Cc1ccc(C(C)C)cc1S(=O)(=O)Nc1ccccc1C(=O)O. The quantitative estimate of drug-likeness (QED) is 0.875. The molecule has 0 radical (unpaired) electrons. The summed E-state index contributed by atoms with van der Waals surface area (Å²) in [6, 6.07) is 11.2. The third-order valence-electron chi connectivity index (χ3n) is 3.57. The Labute approximate surface area is 136 Å². The van der Waals surface area contributed by atoms with Crippen LogP contribution in [0.25, 0.3) is 0 Å². The number of sulfonamides is 1. The lowest BCUT2D eigenvalue weighted by Gasteiger charge is -2.14. The van der Waals surface area contributed by atoms with Crippen LogP contribution in [0.3, 0.4) is 0 Å². The first-order chi connectivity index (χ1) is 10.7. The second kappa shape index (κ2) is 6.42. The van der Waals surface area contributed by atoms with Gasteiger partial charge in [0.1, 0.15) is 0 Å². The minimum Gasteiger partial charge on any atom is -0.478 e. The Hall–Kier alpha value is -2.34. The summed E-state index contributed by atoms with van der Waals surface area (Å²) in [7, 11) is -3.87. The van der Waals surface area contributed by atoms with Crippen molar-refractivity contribution in [2.75, 3.05) is 4.72 Å². The predicted octanol–water partition coefficient (Wildman–Crippen LogP) is 3.62. The van der Waals surface area contributed by atoms with Crippen LogP contribution < -0.4 is 4.72 Å². The number of hydrogen-bond donors (Lipinski definition) is 2. The minimum atomic E-state index is -3.87. The van der Waals surface area contributed by atoms with E-state index < -0.39 is 16.0 Å². The van der Waals surface area contributed by atoms with E-state index in [-0.39, 0.29) is 22.1 Å². The maximum Gasteiger partial charge on any atom is 0.337 e. The predicted molar refractivity (Wildman–Crippen MR) is 89.5 cm³/mol. The van der Waals surface area contributed by atoms with Crippen LogP contribution >= 0.6 is 0 Å². The van der Waals surface area contributed by atoms with Crippen LogP contribution in [-0.2, 0) is 10.0 Å². The molecule has 0 fully saturated rings. The summed E-state index contributed by atoms with van der Waals surface area (Å²) < 4.78 is 27.7. The third kappa shape index (κ3) is 3.71. The van der Waals surface area contributed by atoms with Crippen molar-refractivity contribution in [2.45, 2.75) is 31.6 Å². The van der Waals surface area contributed by atoms with E-state index in [9.17, 15) is 13.2 Å². The first kappa shape index (κ1) is 17.0. The molecule has 0 atom stereocenters. The fourth-order valence-corrected chi connectivity index (χ4v) is 3.58. The van der Waals surface area contributed by atoms with Gasteiger partial charge in [0.2, 0.25) is 0 Å². The summed E-state index contributed by atoms with van der Waals surface area (Å²) in [5.41, 5.74) is 1.47. The molecule has 0 aliphatic rings. The van der Waals surface area contributed by atoms with E-state index >= 15 is 0 Å². The van der Waals surface area contributed by atoms with Gasteiger partial charge in [-0.25, -0.2) is 13.2 Å². The van der Waals surface area contributed by atoms with Crippen molar-refractivity contribution >= 4 is 21.7 Å². The van der Waals surface area contributed by atoms with Gasteiger partial charge in [-0.3, -0.25) is 4.72 Å². The van der Waals surface area contributed by atoms with Gasteiger partial charge in [-0.05, 0) is 42.2 Å². The fraction of sp³-hybridized carbons (Fsp3) is 0.235. The standard InChI is InChI=1S/C17H19NO4S/c1-11(2)13-9-8-12(3)16(10-13)23(21,22)18-15-7-5-4-6-14(15)17(19)20/h4-11,18H,1-3H3,(H,19,20). The zero-order chi connectivity index (χ0) is 17.2. The van der Waals surface area contributed by atoms with E-state index in [1.807, 2.05) is 19.9 Å². The number of para-hydroxylation sites is 1. The van der Waals surface area contributed by atoms with E-state index in [1.165, 1.54) is 12.1 Å². The van der Waals surface area contributed by atoms with Crippen LogP contribution in [0.4, 0.5) is 5.69 Å². The van der Waals surface area contributed by atoms with Crippen molar-refractivity contribution in [3.63, 3.8) is 0 Å². The number of hydrogen-bond acceptors (Lipinski definition) is 3. The van der Waals surface area contributed by atoms with Gasteiger partial charge in [0.05, 0.1) is 16.1 Å². The number of carboxylic acids is 1. The molecule has 0 amide bonds. The molecule has 0 aromatic heterocycles. The van der Waals surface area contributed by atoms with Crippen molar-refractivity contribution < 1.29 is 18.3 Å². The van der Waals surface area contributed by atoms with E-state index in [0.717, 1.165) is 5.56 Å². The number of nitrogens with one attached hydrogen (secondary N) is 1. The van der Waals surface area contributed by atoms with Gasteiger partial charge in [-0.15, -0.1) is 0 Å². The Kier molecular flexibility index (Phi) is 4.75. The van der Waals surface area contributed by atoms with Gasteiger partial charge in [0, 0.05) is 0 Å². The van der Waals surface area contributed by atoms with E-state index in [1.54, 1.807) is 31.2 Å². The van der Waals surface area contributed by atoms with Crippen molar-refractivity contribution in [1.82, 2.24) is 0 Å². The molecule has 2 aromatic carbocycles. The molecule has 2 N–H and O–H groups in total. The van der Waals surface area contributed by atoms with E-state index in [2.05, 4.69) is 4.72 Å². The number of anilines is 1. The van der Waals surface area contributed by atoms with Gasteiger partial charge in [-0.1, -0.05) is 38.1 Å². The molecule has 0 bridgehead atoms. The monoisotopic (exact) mass is 333 g/mol. The lowest BCUT2D eigenvalue weighted by Crippen LogP contribution is -2.17. The normalized spacial score (nSPS) is 11.5. The summed E-state index contributed by atoms with van der Waals surface area (Å²) in [6.45, 7) is 5.67. The summed E-state index contributed by atoms with van der Waals surface area (Å²) in [5.74, 6) is -0.994. The Morgan fingerprint density at radius 3 is 2.39 bits per heavy atom. The maximum absolute atomic E-state index is 12.7. The summed E-state index contributed by atoms with van der Waals surface area (Å²) in [5, 5.41) is 9.17. The minimum absolute atomic E-state index is 0.0503. The molecule has 2 aromatic rings. The molecule has 5 nitrogen and oxygen atoms in total. The van der Waals surface area contributed by atoms with Crippen LogP contribution in [-0.4, -0.2) is 19.5 Å². The molecule has 0 heterocycles. The Morgan fingerprint density at radius 1 is 1.13 bits per heavy atom. The van der Waals surface area contributed by atoms with Gasteiger partial charge in [0.15, 0.2) is 0 Å². The lowest BCUT2D eigenvalue weighted by molar-refractivity contribution is 0.0698. The average molecular weight is 333 g/mol. The zero-order valence-corrected chi connectivity index (χ0v) is 14.0. The Balaban J connectivity index is 2.48. The van der Waals surface area contributed by atoms with Gasteiger partial charge in [0.25, 0.3) is 10.0 Å². The molecule has 2 rings (SSSR count). The van der Waals surface area contributed by atoms with Crippen molar-refractivity contribution in [1.29, 1.82) is 0 Å². The van der Waals surface area contributed by atoms with Crippen LogP contribution in [0.1, 0.15) is 41.3 Å². The second-order valence-electron chi connectivity index (χ2n) is 5.64. The van der Waals surface area contributed by atoms with E-state index in [0.29, 0.717) is 5.56 Å². The fourth-order valence-electron chi connectivity index (χ4n) is 2.22. The highest BCUT2D eigenvalue weighted by Crippen LogP contribution is 2.25. The Morgan fingerprint density at radius 2 is 1.78 bits per heavy atom. The van der Waals surface area contributed by atoms with Crippen LogP contribution in [0, 0.1) is 6.92 Å². The number of benzene rings is 2. The van der Waals surface area contributed by atoms with Crippen LogP contribution in [0.15, 0.2) is 47.4 Å². The maximum atomic E-state index is 12.7. The third-order valence-corrected chi connectivity index (χ3v) is 5.08. The molecule has 0 saturated heterocycles. The highest BCUT2D eigenvalue weighted by molar-refractivity contribution is 7.92. The average Bonchev–Trinajstić information content (AvgIpc) is 2.47. The van der Waals surface area contributed by atoms with Crippen molar-refractivity contribution in [3.05, 3.63) is 59.2 Å². The van der Waals surface area contributed by atoms with E-state index in [4.69, 9.17) is 5.11 Å². The first-order valence-electron chi connectivity index (χ1n) is 7.18. The zero-order valence-electron chi connectivity index (χ0n) is 13.2. The lowest BCUT2D eigenvalue weighted by atomic mass is 10.0. The molecule has 0 saturated carbocycles. The molecule has 6 heteroatoms. The molecular formula is C17H19NO4S. The summed E-state index contributed by atoms with van der Waals surface area (Å²) in [6.07, 6.45) is 0. The molecule has 0 aliphatic carbocycles. The van der Waals surface area contributed by atoms with Gasteiger partial charge in [-0.2, -0.15) is 0 Å². The highest BCUT2D eigenvalue weighted by Gasteiger charge is 2.21. The second-order valence-corrected chi connectivity index (χ2v) is 7.29. The van der Waals surface area contributed by atoms with Gasteiger partial charge >= 0.3 is 5.97 Å². The number of carbonyl (C=O) groups is 1. The van der Waals surface area contributed by atoms with Crippen molar-refractivity contribution in [3.8, 4) is 0 Å². The topological polar surface area (TPSA) is 83.5 Å². The van der Waals surface area contributed by atoms with Crippen LogP contribution in [0.2, 0.25) is 0 Å². The van der Waals surface area contributed by atoms with Crippen LogP contribution in [0.5, 0.6) is 0 Å². The summed E-state index contributed by atoms with van der Waals surface area (Å²) >= 11 is 0. The number of aromatic carboxylic acids is 1. The molecular weight excluding hydrogens is 314 g/mol. The molecule has 122 valence electrons. The number of carboxylic acid groups (broad SMARTS) is 1.